The first-order valence-electron chi connectivity index (χ1n) is 11.6. The fraction of sp³-hybridized carbons (Fsp3) is 0.308. The molecule has 1 saturated heterocycles. The van der Waals surface area contributed by atoms with Crippen molar-refractivity contribution in [1.29, 1.82) is 0 Å². The number of nitrogens with zero attached hydrogens (tertiary/aromatic N) is 4. The van der Waals surface area contributed by atoms with Gasteiger partial charge in [0.2, 0.25) is 5.95 Å². The Morgan fingerprint density at radius 2 is 1.80 bits per heavy atom. The monoisotopic (exact) mass is 476 g/mol. The predicted molar refractivity (Wildman–Crippen MR) is 130 cm³/mol. The number of pyridine rings is 2. The van der Waals surface area contributed by atoms with Gasteiger partial charge in [0, 0.05) is 23.3 Å². The molecule has 35 heavy (non-hydrogen) atoms. The van der Waals surface area contributed by atoms with Gasteiger partial charge in [-0.2, -0.15) is 0 Å². The van der Waals surface area contributed by atoms with Crippen LogP contribution < -0.4 is 10.6 Å². The van der Waals surface area contributed by atoms with Crippen LogP contribution in [-0.2, 0) is 5.60 Å². The number of fused-ring (bicyclic) bond motifs is 1. The van der Waals surface area contributed by atoms with Crippen molar-refractivity contribution < 1.29 is 13.9 Å². The van der Waals surface area contributed by atoms with Crippen LogP contribution in [0.1, 0.15) is 43.7 Å². The third-order valence-electron chi connectivity index (χ3n) is 6.31. The average molecular weight is 477 g/mol. The van der Waals surface area contributed by atoms with E-state index in [4.69, 9.17) is 0 Å². The van der Waals surface area contributed by atoms with Crippen molar-refractivity contribution in [3.8, 4) is 11.3 Å². The van der Waals surface area contributed by atoms with Crippen molar-refractivity contribution in [2.24, 2.45) is 0 Å². The van der Waals surface area contributed by atoms with E-state index < -0.39 is 17.2 Å². The predicted octanol–water partition coefficient (Wildman–Crippen LogP) is 4.80. The van der Waals surface area contributed by atoms with E-state index in [1.54, 1.807) is 26.0 Å². The van der Waals surface area contributed by atoms with Crippen molar-refractivity contribution in [1.82, 2.24) is 25.3 Å². The Balaban J connectivity index is 1.47. The molecule has 0 saturated carbocycles. The van der Waals surface area contributed by atoms with Gasteiger partial charge in [-0.3, -0.25) is 4.98 Å². The van der Waals surface area contributed by atoms with Crippen LogP contribution in [0.25, 0.3) is 22.2 Å². The van der Waals surface area contributed by atoms with E-state index in [-0.39, 0.29) is 22.7 Å². The number of nitrogens with one attached hydrogen (secondary N) is 2. The lowest BCUT2D eigenvalue weighted by molar-refractivity contribution is 0.0801. The quantitative estimate of drug-likeness (QED) is 0.381. The summed E-state index contributed by atoms with van der Waals surface area (Å²) in [5.41, 5.74) is 0.662. The van der Waals surface area contributed by atoms with Crippen LogP contribution >= 0.6 is 0 Å². The molecule has 0 bridgehead atoms. The topological polar surface area (TPSA) is 95.9 Å². The molecule has 0 amide bonds. The molecule has 7 nitrogen and oxygen atoms in total. The van der Waals surface area contributed by atoms with Crippen LogP contribution in [0.3, 0.4) is 0 Å². The number of aromatic nitrogens is 4. The molecule has 1 fully saturated rings. The summed E-state index contributed by atoms with van der Waals surface area (Å²) in [6.45, 7) is 5.20. The zero-order chi connectivity index (χ0) is 24.6. The lowest BCUT2D eigenvalue weighted by atomic mass is 9.91. The summed E-state index contributed by atoms with van der Waals surface area (Å²) in [7, 11) is 0. The van der Waals surface area contributed by atoms with Crippen LogP contribution in [0.15, 0.2) is 48.9 Å². The van der Waals surface area contributed by atoms with Crippen LogP contribution in [0.5, 0.6) is 0 Å². The highest BCUT2D eigenvalue weighted by molar-refractivity contribution is 5.88. The van der Waals surface area contributed by atoms with Gasteiger partial charge in [-0.1, -0.05) is 6.07 Å². The minimum absolute atomic E-state index is 0.0693. The molecule has 5 rings (SSSR count). The van der Waals surface area contributed by atoms with Crippen LogP contribution in [0.2, 0.25) is 0 Å². The maximum atomic E-state index is 14.9. The van der Waals surface area contributed by atoms with E-state index >= 15 is 0 Å². The van der Waals surface area contributed by atoms with Crippen LogP contribution in [0.4, 0.5) is 20.5 Å². The maximum Gasteiger partial charge on any atom is 0.229 e. The average Bonchev–Trinajstić information content (AvgIpc) is 2.85. The number of rotatable bonds is 5. The van der Waals surface area contributed by atoms with Gasteiger partial charge in [-0.25, -0.2) is 23.7 Å². The molecule has 0 spiro atoms. The molecule has 1 aliphatic rings. The summed E-state index contributed by atoms with van der Waals surface area (Å²) >= 11 is 0. The third-order valence-corrected chi connectivity index (χ3v) is 6.31. The van der Waals surface area contributed by atoms with E-state index in [1.165, 1.54) is 17.8 Å². The second kappa shape index (κ2) is 9.24. The Morgan fingerprint density at radius 1 is 1.00 bits per heavy atom. The lowest BCUT2D eigenvalue weighted by Gasteiger charge is -2.22. The summed E-state index contributed by atoms with van der Waals surface area (Å²) in [6.07, 6.45) is 6.47. The zero-order valence-electron chi connectivity index (χ0n) is 19.5. The minimum Gasteiger partial charge on any atom is -0.386 e. The Bertz CT molecular complexity index is 1370. The van der Waals surface area contributed by atoms with Gasteiger partial charge >= 0.3 is 0 Å². The van der Waals surface area contributed by atoms with Gasteiger partial charge in [0.25, 0.3) is 0 Å². The molecule has 0 radical (unpaired) electrons. The molecule has 1 aromatic carbocycles. The molecule has 180 valence electrons. The number of hydrogen-bond donors (Lipinski definition) is 3. The number of piperidine rings is 1. The zero-order valence-corrected chi connectivity index (χ0v) is 19.5. The molecule has 0 aliphatic carbocycles. The first-order valence-corrected chi connectivity index (χ1v) is 11.6. The Hall–Kier alpha value is -3.56. The highest BCUT2D eigenvalue weighted by Crippen LogP contribution is 2.33. The summed E-state index contributed by atoms with van der Waals surface area (Å²) in [6, 6.07) is 8.26. The summed E-state index contributed by atoms with van der Waals surface area (Å²) in [4.78, 5) is 16.9. The molecule has 0 unspecified atom stereocenters. The van der Waals surface area contributed by atoms with Gasteiger partial charge in [0.1, 0.15) is 22.8 Å². The molecule has 0 atom stereocenters. The standard InChI is InChI=1S/C26H26F2N6O/c1-26(2,35)19-7-10-30-24-18(19)11-17(12-20(24)27)23-21(28)14-32-25(34-23)33-22-4-3-16(13-31-22)15-5-8-29-9-6-15/h3-4,7,10-15,29,35H,5-6,8-9H2,1-2H3,(H,31,32,33,34). The fourth-order valence-electron chi connectivity index (χ4n) is 4.50. The molecular formula is C26H26F2N6O. The van der Waals surface area contributed by atoms with Gasteiger partial charge < -0.3 is 15.7 Å². The lowest BCUT2D eigenvalue weighted by Crippen LogP contribution is -2.26. The molecule has 9 heteroatoms. The number of aliphatic hydroxyl groups is 1. The summed E-state index contributed by atoms with van der Waals surface area (Å²) in [5, 5.41) is 17.3. The third kappa shape index (κ3) is 4.82. The van der Waals surface area contributed by atoms with Crippen molar-refractivity contribution in [2.75, 3.05) is 18.4 Å². The van der Waals surface area contributed by atoms with E-state index in [0.717, 1.165) is 32.1 Å². The fourth-order valence-corrected chi connectivity index (χ4v) is 4.50. The molecular weight excluding hydrogens is 450 g/mol. The van der Waals surface area contributed by atoms with Crippen LogP contribution in [-0.4, -0.2) is 38.1 Å². The second-order valence-corrected chi connectivity index (χ2v) is 9.29. The highest BCUT2D eigenvalue weighted by atomic mass is 19.1. The van der Waals surface area contributed by atoms with Crippen molar-refractivity contribution in [3.05, 3.63) is 71.7 Å². The number of halogens is 2. The molecule has 3 aromatic heterocycles. The van der Waals surface area contributed by atoms with Gasteiger partial charge in [-0.05, 0) is 81.1 Å². The van der Waals surface area contributed by atoms with E-state index in [2.05, 4.69) is 30.6 Å². The smallest absolute Gasteiger partial charge is 0.229 e. The van der Waals surface area contributed by atoms with Crippen molar-refractivity contribution >= 4 is 22.7 Å². The largest absolute Gasteiger partial charge is 0.386 e. The molecule has 3 N–H and O–H groups in total. The first-order chi connectivity index (χ1) is 16.8. The first kappa shape index (κ1) is 23.2. The van der Waals surface area contributed by atoms with E-state index in [0.29, 0.717) is 22.7 Å². The SMILES string of the molecule is CC(C)(O)c1ccnc2c(F)cc(-c3nc(Nc4ccc(C5CCNCC5)cn4)ncc3F)cc12. The maximum absolute atomic E-state index is 14.9. The molecule has 4 heterocycles. The number of anilines is 2. The number of hydrogen-bond acceptors (Lipinski definition) is 7. The van der Waals surface area contributed by atoms with Crippen molar-refractivity contribution in [3.63, 3.8) is 0 Å². The second-order valence-electron chi connectivity index (χ2n) is 9.29. The number of benzene rings is 1. The summed E-state index contributed by atoms with van der Waals surface area (Å²) < 4.78 is 29.7. The summed E-state index contributed by atoms with van der Waals surface area (Å²) in [5.74, 6) is -0.183. The Kier molecular flexibility index (Phi) is 6.12. The minimum atomic E-state index is -1.24. The molecule has 1 aliphatic heterocycles. The van der Waals surface area contributed by atoms with E-state index in [9.17, 15) is 13.9 Å². The highest BCUT2D eigenvalue weighted by Gasteiger charge is 2.22. The van der Waals surface area contributed by atoms with Gasteiger partial charge in [-0.15, -0.1) is 0 Å². The van der Waals surface area contributed by atoms with Gasteiger partial charge in [0.15, 0.2) is 5.82 Å². The normalized spacial score (nSPS) is 14.9. The van der Waals surface area contributed by atoms with Gasteiger partial charge in [0.05, 0.1) is 11.8 Å². The van der Waals surface area contributed by atoms with E-state index in [1.807, 2.05) is 18.3 Å². The Morgan fingerprint density at radius 3 is 2.51 bits per heavy atom. The van der Waals surface area contributed by atoms with Crippen molar-refractivity contribution in [2.45, 2.75) is 38.2 Å². The molecule has 4 aromatic rings. The van der Waals surface area contributed by atoms with Crippen LogP contribution in [0, 0.1) is 11.6 Å². The Labute approximate surface area is 201 Å².